The minimum Gasteiger partial charge on any atom is -0.375 e. The van der Waals surface area contributed by atoms with E-state index in [1.165, 1.54) is 7.11 Å². The average Bonchev–Trinajstić information content (AvgIpc) is 3.19. The van der Waals surface area contributed by atoms with E-state index < -0.39 is 0 Å². The fourth-order valence-electron chi connectivity index (χ4n) is 4.33. The molecule has 2 aromatic carbocycles. The van der Waals surface area contributed by atoms with Crippen molar-refractivity contribution in [2.45, 2.75) is 12.8 Å². The molecule has 1 fully saturated rings. The van der Waals surface area contributed by atoms with Crippen molar-refractivity contribution in [2.24, 2.45) is 0 Å². The van der Waals surface area contributed by atoms with Gasteiger partial charge in [0.1, 0.15) is 6.61 Å². The predicted octanol–water partition coefficient (Wildman–Crippen LogP) is 2.90. The van der Waals surface area contributed by atoms with Crippen molar-refractivity contribution in [1.29, 1.82) is 0 Å². The number of amides is 2. The summed E-state index contributed by atoms with van der Waals surface area (Å²) in [6.07, 6.45) is 1.51. The van der Waals surface area contributed by atoms with Gasteiger partial charge in [0, 0.05) is 45.4 Å². The first-order valence-corrected chi connectivity index (χ1v) is 12.4. The van der Waals surface area contributed by atoms with Crippen LogP contribution in [0.15, 0.2) is 72.8 Å². The van der Waals surface area contributed by atoms with E-state index in [1.54, 1.807) is 4.90 Å². The first kappa shape index (κ1) is 25.3. The van der Waals surface area contributed by atoms with Crippen LogP contribution in [0.5, 0.6) is 0 Å². The number of carbonyl (C=O) groups excluding carboxylic acids is 2. The number of anilines is 1. The highest BCUT2D eigenvalue weighted by Gasteiger charge is 2.24. The average molecular weight is 488 g/mol. The predicted molar refractivity (Wildman–Crippen MR) is 139 cm³/mol. The highest BCUT2D eigenvalue weighted by atomic mass is 16.5. The van der Waals surface area contributed by atoms with Gasteiger partial charge in [-0.3, -0.25) is 9.59 Å². The molecule has 2 amide bonds. The van der Waals surface area contributed by atoms with Gasteiger partial charge in [-0.05, 0) is 30.5 Å². The molecule has 0 atom stereocenters. The van der Waals surface area contributed by atoms with E-state index >= 15 is 0 Å². The van der Waals surface area contributed by atoms with Crippen LogP contribution in [-0.2, 0) is 20.7 Å². The minimum absolute atomic E-state index is 0.0342. The third-order valence-electron chi connectivity index (χ3n) is 6.35. The first-order chi connectivity index (χ1) is 17.6. The summed E-state index contributed by atoms with van der Waals surface area (Å²) >= 11 is 0. The lowest BCUT2D eigenvalue weighted by molar-refractivity contribution is -0.142. The van der Waals surface area contributed by atoms with Crippen molar-refractivity contribution in [1.82, 2.24) is 20.0 Å². The van der Waals surface area contributed by atoms with Crippen LogP contribution < -0.4 is 4.90 Å². The number of nitrogens with zero attached hydrogens (tertiary/aromatic N) is 5. The molecule has 0 radical (unpaired) electrons. The van der Waals surface area contributed by atoms with E-state index in [0.717, 1.165) is 35.6 Å². The molecule has 8 heteroatoms. The zero-order valence-corrected chi connectivity index (χ0v) is 20.8. The van der Waals surface area contributed by atoms with Crippen molar-refractivity contribution in [2.75, 3.05) is 57.9 Å². The first-order valence-electron chi connectivity index (χ1n) is 12.4. The molecule has 4 rings (SSSR count). The van der Waals surface area contributed by atoms with Crippen LogP contribution in [0.4, 0.5) is 5.82 Å². The second kappa shape index (κ2) is 12.8. The normalized spacial score (nSPS) is 13.8. The lowest BCUT2D eigenvalue weighted by Crippen LogP contribution is -2.45. The van der Waals surface area contributed by atoms with E-state index in [0.29, 0.717) is 32.6 Å². The van der Waals surface area contributed by atoms with Crippen LogP contribution >= 0.6 is 0 Å². The summed E-state index contributed by atoms with van der Waals surface area (Å²) in [5.41, 5.74) is 3.00. The van der Waals surface area contributed by atoms with Crippen molar-refractivity contribution >= 4 is 17.6 Å². The third-order valence-corrected chi connectivity index (χ3v) is 6.35. The van der Waals surface area contributed by atoms with Gasteiger partial charge in [0.2, 0.25) is 11.8 Å². The van der Waals surface area contributed by atoms with Crippen LogP contribution in [0.25, 0.3) is 11.3 Å². The van der Waals surface area contributed by atoms with E-state index in [9.17, 15) is 9.59 Å². The van der Waals surface area contributed by atoms with E-state index in [2.05, 4.69) is 15.1 Å². The van der Waals surface area contributed by atoms with Gasteiger partial charge in [-0.2, -0.15) is 0 Å². The Bertz CT molecular complexity index is 1110. The van der Waals surface area contributed by atoms with Gasteiger partial charge in [-0.1, -0.05) is 60.7 Å². The molecule has 8 nitrogen and oxygen atoms in total. The molecule has 1 aliphatic heterocycles. The minimum atomic E-state index is -0.174. The summed E-state index contributed by atoms with van der Waals surface area (Å²) in [5, 5.41) is 8.84. The highest BCUT2D eigenvalue weighted by molar-refractivity contribution is 5.85. The zero-order valence-electron chi connectivity index (χ0n) is 20.8. The maximum atomic E-state index is 13.2. The Kier molecular flexibility index (Phi) is 8.99. The maximum Gasteiger partial charge on any atom is 0.249 e. The van der Waals surface area contributed by atoms with Crippen LogP contribution in [-0.4, -0.2) is 84.8 Å². The van der Waals surface area contributed by atoms with E-state index in [1.807, 2.05) is 77.7 Å². The number of rotatable bonds is 9. The van der Waals surface area contributed by atoms with Crippen molar-refractivity contribution in [3.05, 3.63) is 78.4 Å². The van der Waals surface area contributed by atoms with Gasteiger partial charge in [0.15, 0.2) is 5.82 Å². The van der Waals surface area contributed by atoms with Crippen molar-refractivity contribution < 1.29 is 14.3 Å². The molecule has 188 valence electrons. The monoisotopic (exact) mass is 487 g/mol. The maximum absolute atomic E-state index is 13.2. The summed E-state index contributed by atoms with van der Waals surface area (Å²) in [6.45, 7) is 3.18. The Labute approximate surface area is 212 Å². The van der Waals surface area contributed by atoms with E-state index in [4.69, 9.17) is 4.74 Å². The summed E-state index contributed by atoms with van der Waals surface area (Å²) < 4.78 is 5.05. The second-order valence-corrected chi connectivity index (χ2v) is 8.85. The van der Waals surface area contributed by atoms with Crippen LogP contribution in [0, 0.1) is 0 Å². The molecule has 0 N–H and O–H groups in total. The van der Waals surface area contributed by atoms with E-state index in [-0.39, 0.29) is 25.0 Å². The Morgan fingerprint density at radius 1 is 0.889 bits per heavy atom. The van der Waals surface area contributed by atoms with Gasteiger partial charge in [-0.15, -0.1) is 10.2 Å². The summed E-state index contributed by atoms with van der Waals surface area (Å²) in [7, 11) is 1.49. The smallest absolute Gasteiger partial charge is 0.249 e. The second-order valence-electron chi connectivity index (χ2n) is 8.85. The molecule has 1 aromatic heterocycles. The summed E-state index contributed by atoms with van der Waals surface area (Å²) in [6, 6.07) is 23.9. The number of hydrogen-bond donors (Lipinski definition) is 0. The number of aromatic nitrogens is 2. The number of hydrogen-bond acceptors (Lipinski definition) is 6. The quantitative estimate of drug-likeness (QED) is 0.462. The highest BCUT2D eigenvalue weighted by Crippen LogP contribution is 2.19. The van der Waals surface area contributed by atoms with Gasteiger partial charge in [0.05, 0.1) is 12.2 Å². The Morgan fingerprint density at radius 3 is 2.33 bits per heavy atom. The largest absolute Gasteiger partial charge is 0.375 e. The lowest BCUT2D eigenvalue weighted by Gasteiger charge is -2.27. The van der Waals surface area contributed by atoms with Crippen LogP contribution in [0.2, 0.25) is 0 Å². The van der Waals surface area contributed by atoms with Gasteiger partial charge in [0.25, 0.3) is 0 Å². The SMILES string of the molecule is COCC(=O)N(CCc1ccccc1)CC(=O)N1CCCN(c2ccc(-c3ccccc3)nn2)CC1. The van der Waals surface area contributed by atoms with Crippen LogP contribution in [0.1, 0.15) is 12.0 Å². The summed E-state index contributed by atoms with van der Waals surface area (Å²) in [4.78, 5) is 31.4. The molecule has 0 spiro atoms. The third kappa shape index (κ3) is 6.88. The number of methoxy groups -OCH3 is 1. The molecule has 0 bridgehead atoms. The molecule has 0 saturated carbocycles. The Morgan fingerprint density at radius 2 is 1.64 bits per heavy atom. The zero-order chi connectivity index (χ0) is 25.2. The fourth-order valence-corrected chi connectivity index (χ4v) is 4.33. The number of benzene rings is 2. The molecule has 36 heavy (non-hydrogen) atoms. The van der Waals surface area contributed by atoms with Crippen molar-refractivity contribution in [3.63, 3.8) is 0 Å². The lowest BCUT2D eigenvalue weighted by atomic mass is 10.1. The molecule has 3 aromatic rings. The molecule has 1 aliphatic rings. The Balaban J connectivity index is 1.34. The standard InChI is InChI=1S/C28H33N5O3/c1-36-22-28(35)33(18-15-23-9-4-2-5-10-23)21-27(34)32-17-8-16-31(19-20-32)26-14-13-25(29-30-26)24-11-6-3-7-12-24/h2-7,9-14H,8,15-22H2,1H3. The molecule has 0 aliphatic carbocycles. The fraction of sp³-hybridized carbons (Fsp3) is 0.357. The Hall–Kier alpha value is -3.78. The molecule has 1 saturated heterocycles. The van der Waals surface area contributed by atoms with Gasteiger partial charge >= 0.3 is 0 Å². The van der Waals surface area contributed by atoms with Gasteiger partial charge < -0.3 is 19.4 Å². The molecular formula is C28H33N5O3. The molecule has 0 unspecified atom stereocenters. The summed E-state index contributed by atoms with van der Waals surface area (Å²) in [5.74, 6) is 0.593. The molecule has 2 heterocycles. The van der Waals surface area contributed by atoms with Crippen molar-refractivity contribution in [3.8, 4) is 11.3 Å². The number of ether oxygens (including phenoxy) is 1. The topological polar surface area (TPSA) is 78.9 Å². The molecular weight excluding hydrogens is 454 g/mol. The number of carbonyl (C=O) groups is 2. The van der Waals surface area contributed by atoms with Crippen LogP contribution in [0.3, 0.4) is 0 Å². The van der Waals surface area contributed by atoms with Gasteiger partial charge in [-0.25, -0.2) is 0 Å².